The standard InChI is InChI=1S/C62H48/c1-45-18-12-14-26-55(45)60(51-20-6-3-7-21-51)42-49-34-30-47(31-35-49)38-40-54-44-62(53-24-10-5-11-25-53)59-29-17-16-28-58(59)57(54)41-39-48-32-36-50(37-33-48)43-61(52-22-8-4-9-23-52)56-27-15-13-19-46(56)2/h3-44H,1-2H3. The maximum absolute atomic E-state index is 2.35. The summed E-state index contributed by atoms with van der Waals surface area (Å²) < 4.78 is 0. The molecule has 0 radical (unpaired) electrons. The summed E-state index contributed by atoms with van der Waals surface area (Å²) in [5, 5.41) is 2.46. The van der Waals surface area contributed by atoms with Gasteiger partial charge in [-0.3, -0.25) is 0 Å². The molecular formula is C62H48. The van der Waals surface area contributed by atoms with Gasteiger partial charge in [-0.15, -0.1) is 0 Å². The highest BCUT2D eigenvalue weighted by Crippen LogP contribution is 2.36. The molecule has 0 fully saturated rings. The van der Waals surface area contributed by atoms with Crippen LogP contribution in [-0.4, -0.2) is 0 Å². The lowest BCUT2D eigenvalue weighted by molar-refractivity contribution is 1.42. The van der Waals surface area contributed by atoms with Crippen molar-refractivity contribution in [1.29, 1.82) is 0 Å². The van der Waals surface area contributed by atoms with Gasteiger partial charge >= 0.3 is 0 Å². The van der Waals surface area contributed by atoms with Gasteiger partial charge in [0.1, 0.15) is 0 Å². The third-order valence-corrected chi connectivity index (χ3v) is 11.6. The molecule has 9 rings (SSSR count). The van der Waals surface area contributed by atoms with E-state index in [1.807, 2.05) is 0 Å². The molecule has 296 valence electrons. The molecule has 0 unspecified atom stereocenters. The Morgan fingerprint density at radius 3 is 1.24 bits per heavy atom. The molecule has 9 aromatic carbocycles. The van der Waals surface area contributed by atoms with Gasteiger partial charge in [0.05, 0.1) is 0 Å². The lowest BCUT2D eigenvalue weighted by Gasteiger charge is -2.14. The molecule has 0 spiro atoms. The zero-order valence-corrected chi connectivity index (χ0v) is 35.2. The van der Waals surface area contributed by atoms with E-state index in [0.29, 0.717) is 0 Å². The summed E-state index contributed by atoms with van der Waals surface area (Å²) >= 11 is 0. The fourth-order valence-corrected chi connectivity index (χ4v) is 8.32. The highest BCUT2D eigenvalue weighted by Gasteiger charge is 2.12. The third-order valence-electron chi connectivity index (χ3n) is 11.6. The van der Waals surface area contributed by atoms with Gasteiger partial charge in [-0.1, -0.05) is 237 Å². The first kappa shape index (κ1) is 39.6. The SMILES string of the molecule is Cc1ccccc1C(=Cc1ccc(C=Cc2cc(-c3ccccc3)c3ccccc3c2C=Cc2ccc(C=C(c3ccccc3)c3ccccc3C)cc2)cc1)c1ccccc1. The van der Waals surface area contributed by atoms with Crippen LogP contribution in [0.1, 0.15) is 66.8 Å². The summed E-state index contributed by atoms with van der Waals surface area (Å²) in [6.07, 6.45) is 13.7. The minimum atomic E-state index is 1.15. The molecule has 0 atom stereocenters. The van der Waals surface area contributed by atoms with Gasteiger partial charge in [-0.05, 0) is 132 Å². The van der Waals surface area contributed by atoms with E-state index in [1.54, 1.807) is 0 Å². The number of aryl methyl sites for hydroxylation is 2. The van der Waals surface area contributed by atoms with E-state index in [0.717, 1.165) is 16.7 Å². The Bertz CT molecular complexity index is 3070. The lowest BCUT2D eigenvalue weighted by Crippen LogP contribution is -1.91. The molecule has 62 heavy (non-hydrogen) atoms. The van der Waals surface area contributed by atoms with Gasteiger partial charge in [0.2, 0.25) is 0 Å². The Labute approximate surface area is 366 Å². The van der Waals surface area contributed by atoms with E-state index in [9.17, 15) is 0 Å². The van der Waals surface area contributed by atoms with Crippen molar-refractivity contribution < 1.29 is 0 Å². The second kappa shape index (κ2) is 18.6. The third kappa shape index (κ3) is 9.02. The first-order valence-corrected chi connectivity index (χ1v) is 21.4. The molecule has 0 saturated carbocycles. The summed E-state index contributed by atoms with van der Waals surface area (Å²) in [6, 6.07) is 78.2. The highest BCUT2D eigenvalue weighted by molar-refractivity contribution is 6.05. The van der Waals surface area contributed by atoms with Crippen LogP contribution in [0.3, 0.4) is 0 Å². The molecule has 9 aromatic rings. The Morgan fingerprint density at radius 1 is 0.339 bits per heavy atom. The van der Waals surface area contributed by atoms with Crippen LogP contribution in [0.2, 0.25) is 0 Å². The van der Waals surface area contributed by atoms with E-state index in [4.69, 9.17) is 0 Å². The molecular weight excluding hydrogens is 745 g/mol. The Kier molecular flexibility index (Phi) is 11.9. The van der Waals surface area contributed by atoms with Gasteiger partial charge in [0.25, 0.3) is 0 Å². The van der Waals surface area contributed by atoms with Crippen molar-refractivity contribution in [3.8, 4) is 11.1 Å². The predicted octanol–water partition coefficient (Wildman–Crippen LogP) is 16.6. The van der Waals surface area contributed by atoms with Gasteiger partial charge < -0.3 is 0 Å². The highest BCUT2D eigenvalue weighted by atomic mass is 14.2. The van der Waals surface area contributed by atoms with Crippen molar-refractivity contribution in [2.45, 2.75) is 13.8 Å². The number of hydrogen-bond donors (Lipinski definition) is 0. The van der Waals surface area contributed by atoms with Gasteiger partial charge in [-0.2, -0.15) is 0 Å². The first-order valence-electron chi connectivity index (χ1n) is 21.4. The van der Waals surface area contributed by atoms with Crippen LogP contribution in [0.5, 0.6) is 0 Å². The summed E-state index contributed by atoms with van der Waals surface area (Å²) in [5.41, 5.74) is 19.3. The number of hydrogen-bond acceptors (Lipinski definition) is 0. The van der Waals surface area contributed by atoms with Crippen LogP contribution in [0, 0.1) is 13.8 Å². The molecule has 0 N–H and O–H groups in total. The molecule has 0 heteroatoms. The van der Waals surface area contributed by atoms with Crippen molar-refractivity contribution in [3.05, 3.63) is 285 Å². The van der Waals surface area contributed by atoms with Crippen molar-refractivity contribution in [1.82, 2.24) is 0 Å². The van der Waals surface area contributed by atoms with Gasteiger partial charge in [-0.25, -0.2) is 0 Å². The van der Waals surface area contributed by atoms with E-state index < -0.39 is 0 Å². The predicted molar refractivity (Wildman–Crippen MR) is 269 cm³/mol. The summed E-state index contributed by atoms with van der Waals surface area (Å²) in [5.74, 6) is 0. The average Bonchev–Trinajstić information content (AvgIpc) is 3.33. The fraction of sp³-hybridized carbons (Fsp3) is 0.0323. The zero-order valence-electron chi connectivity index (χ0n) is 35.2. The van der Waals surface area contributed by atoms with Crippen LogP contribution in [-0.2, 0) is 0 Å². The molecule has 0 bridgehead atoms. The molecule has 0 saturated heterocycles. The molecule has 0 amide bonds. The van der Waals surface area contributed by atoms with E-state index >= 15 is 0 Å². The van der Waals surface area contributed by atoms with Gasteiger partial charge in [0, 0.05) is 0 Å². The smallest absolute Gasteiger partial charge is 0.00990 e. The molecule has 0 nitrogen and oxygen atoms in total. The molecule has 0 aliphatic heterocycles. The number of benzene rings is 9. The molecule has 0 aliphatic carbocycles. The number of rotatable bonds is 11. The minimum Gasteiger partial charge on any atom is -0.0622 e. The second-order valence-corrected chi connectivity index (χ2v) is 15.8. The lowest BCUT2D eigenvalue weighted by atomic mass is 9.90. The molecule has 0 aliphatic rings. The quantitative estimate of drug-likeness (QED) is 0.114. The summed E-state index contributed by atoms with van der Waals surface area (Å²) in [4.78, 5) is 0. The van der Waals surface area contributed by atoms with Crippen molar-refractivity contribution >= 4 is 58.4 Å². The molecule has 0 heterocycles. The van der Waals surface area contributed by atoms with Crippen LogP contribution in [0.25, 0.3) is 69.5 Å². The summed E-state index contributed by atoms with van der Waals surface area (Å²) in [7, 11) is 0. The largest absolute Gasteiger partial charge is 0.0622 e. The monoisotopic (exact) mass is 792 g/mol. The van der Waals surface area contributed by atoms with Crippen LogP contribution in [0.15, 0.2) is 218 Å². The average molecular weight is 793 g/mol. The van der Waals surface area contributed by atoms with Crippen LogP contribution in [0.4, 0.5) is 0 Å². The first-order chi connectivity index (χ1) is 30.6. The number of fused-ring (bicyclic) bond motifs is 1. The maximum atomic E-state index is 2.35. The Morgan fingerprint density at radius 2 is 0.742 bits per heavy atom. The van der Waals surface area contributed by atoms with Crippen molar-refractivity contribution in [2.24, 2.45) is 0 Å². The Hall–Kier alpha value is -7.80. The van der Waals surface area contributed by atoms with E-state index in [-0.39, 0.29) is 0 Å². The summed E-state index contributed by atoms with van der Waals surface area (Å²) in [6.45, 7) is 4.37. The normalized spacial score (nSPS) is 12.1. The maximum Gasteiger partial charge on any atom is -0.00990 e. The van der Waals surface area contributed by atoms with Crippen LogP contribution < -0.4 is 0 Å². The van der Waals surface area contributed by atoms with Crippen molar-refractivity contribution in [2.75, 3.05) is 0 Å². The van der Waals surface area contributed by atoms with Gasteiger partial charge in [0.15, 0.2) is 0 Å². The fourth-order valence-electron chi connectivity index (χ4n) is 8.32. The van der Waals surface area contributed by atoms with E-state index in [1.165, 1.54) is 83.1 Å². The van der Waals surface area contributed by atoms with E-state index in [2.05, 4.69) is 269 Å². The van der Waals surface area contributed by atoms with Crippen molar-refractivity contribution in [3.63, 3.8) is 0 Å². The molecule has 0 aromatic heterocycles. The van der Waals surface area contributed by atoms with Crippen LogP contribution >= 0.6 is 0 Å². The minimum absolute atomic E-state index is 1.15. The zero-order chi connectivity index (χ0) is 42.1. The second-order valence-electron chi connectivity index (χ2n) is 15.8. The Balaban J connectivity index is 1.06. The topological polar surface area (TPSA) is 0 Å².